The Morgan fingerprint density at radius 2 is 1.67 bits per heavy atom. The molecule has 30 heavy (non-hydrogen) atoms. The minimum atomic E-state index is -0.285. The molecule has 0 radical (unpaired) electrons. The number of methoxy groups -OCH3 is 3. The monoisotopic (exact) mass is 408 g/mol. The first-order valence-electron chi connectivity index (χ1n) is 9.35. The van der Waals surface area contributed by atoms with E-state index in [0.29, 0.717) is 23.8 Å². The third kappa shape index (κ3) is 5.00. The summed E-state index contributed by atoms with van der Waals surface area (Å²) in [5.74, 6) is 1.63. The van der Waals surface area contributed by atoms with E-state index >= 15 is 0 Å². The fourth-order valence-corrected chi connectivity index (χ4v) is 3.01. The fourth-order valence-electron chi connectivity index (χ4n) is 3.01. The van der Waals surface area contributed by atoms with E-state index in [1.54, 1.807) is 33.6 Å². The summed E-state index contributed by atoms with van der Waals surface area (Å²) in [6, 6.07) is 17.2. The Labute approximate surface area is 175 Å². The van der Waals surface area contributed by atoms with Gasteiger partial charge in [-0.2, -0.15) is 0 Å². The second-order valence-electron chi connectivity index (χ2n) is 6.38. The Bertz CT molecular complexity index is 1050. The van der Waals surface area contributed by atoms with Crippen molar-refractivity contribution in [2.45, 2.75) is 6.54 Å². The number of carbonyl (C=O) groups excluding carboxylic acids is 1. The van der Waals surface area contributed by atoms with Gasteiger partial charge in [0, 0.05) is 12.1 Å². The van der Waals surface area contributed by atoms with Gasteiger partial charge in [0.2, 0.25) is 0 Å². The van der Waals surface area contributed by atoms with Crippen LogP contribution in [-0.2, 0) is 16.2 Å². The fraction of sp³-hybridized carbons (Fsp3) is 0.217. The van der Waals surface area contributed by atoms with Crippen LogP contribution < -0.4 is 19.5 Å². The van der Waals surface area contributed by atoms with E-state index in [1.165, 1.54) is 0 Å². The van der Waals surface area contributed by atoms with Gasteiger partial charge in [-0.05, 0) is 34.5 Å². The van der Waals surface area contributed by atoms with Crippen LogP contribution in [-0.4, -0.2) is 40.1 Å². The smallest absolute Gasteiger partial charge is 0.261 e. The number of oxime groups is 1. The minimum absolute atomic E-state index is 0.198. The molecule has 0 saturated carbocycles. The molecular formula is C23H24N2O5. The van der Waals surface area contributed by atoms with Crippen molar-refractivity contribution in [2.24, 2.45) is 5.16 Å². The van der Waals surface area contributed by atoms with Crippen LogP contribution in [0.1, 0.15) is 11.1 Å². The Morgan fingerprint density at radius 3 is 2.43 bits per heavy atom. The number of carbonyl (C=O) groups is 1. The van der Waals surface area contributed by atoms with E-state index in [-0.39, 0.29) is 12.5 Å². The van der Waals surface area contributed by atoms with Crippen LogP contribution in [0, 0.1) is 0 Å². The van der Waals surface area contributed by atoms with Crippen molar-refractivity contribution >= 4 is 22.9 Å². The van der Waals surface area contributed by atoms with Crippen LogP contribution in [0.2, 0.25) is 0 Å². The van der Waals surface area contributed by atoms with Crippen molar-refractivity contribution in [3.63, 3.8) is 0 Å². The normalized spacial score (nSPS) is 10.8. The van der Waals surface area contributed by atoms with Crippen molar-refractivity contribution in [1.82, 2.24) is 5.32 Å². The predicted molar refractivity (Wildman–Crippen MR) is 115 cm³/mol. The molecule has 0 heterocycles. The lowest BCUT2D eigenvalue weighted by atomic mass is 10.0. The van der Waals surface area contributed by atoms with Crippen molar-refractivity contribution in [1.29, 1.82) is 0 Å². The summed E-state index contributed by atoms with van der Waals surface area (Å²) in [4.78, 5) is 17.2. The van der Waals surface area contributed by atoms with E-state index in [2.05, 4.69) is 10.5 Å². The van der Waals surface area contributed by atoms with Crippen LogP contribution in [0.15, 0.2) is 59.8 Å². The predicted octanol–water partition coefficient (Wildman–Crippen LogP) is 3.53. The number of hydrogen-bond donors (Lipinski definition) is 1. The van der Waals surface area contributed by atoms with Crippen LogP contribution in [0.25, 0.3) is 10.8 Å². The maximum absolute atomic E-state index is 12.1. The van der Waals surface area contributed by atoms with E-state index in [9.17, 15) is 4.79 Å². The van der Waals surface area contributed by atoms with Crippen LogP contribution in [0.3, 0.4) is 0 Å². The Kier molecular flexibility index (Phi) is 7.10. The highest BCUT2D eigenvalue weighted by Crippen LogP contribution is 2.28. The van der Waals surface area contributed by atoms with E-state index in [0.717, 1.165) is 21.9 Å². The van der Waals surface area contributed by atoms with Gasteiger partial charge in [0.15, 0.2) is 18.1 Å². The lowest BCUT2D eigenvalue weighted by Crippen LogP contribution is -2.26. The summed E-state index contributed by atoms with van der Waals surface area (Å²) in [6.45, 7) is 0.139. The van der Waals surface area contributed by atoms with Gasteiger partial charge in [-0.1, -0.05) is 41.6 Å². The summed E-state index contributed by atoms with van der Waals surface area (Å²) < 4.78 is 15.9. The Morgan fingerprint density at radius 1 is 0.933 bits per heavy atom. The molecule has 0 fully saturated rings. The number of amides is 1. The van der Waals surface area contributed by atoms with Gasteiger partial charge >= 0.3 is 0 Å². The largest absolute Gasteiger partial charge is 0.496 e. The lowest BCUT2D eigenvalue weighted by molar-refractivity contribution is -0.125. The zero-order valence-electron chi connectivity index (χ0n) is 17.2. The first-order valence-corrected chi connectivity index (χ1v) is 9.35. The van der Waals surface area contributed by atoms with Crippen LogP contribution in [0.5, 0.6) is 17.2 Å². The third-order valence-corrected chi connectivity index (χ3v) is 4.54. The van der Waals surface area contributed by atoms with E-state index in [4.69, 9.17) is 19.0 Å². The highest BCUT2D eigenvalue weighted by molar-refractivity contribution is 6.02. The van der Waals surface area contributed by atoms with E-state index in [1.807, 2.05) is 48.5 Å². The molecule has 1 amide bonds. The zero-order chi connectivity index (χ0) is 21.3. The first-order chi connectivity index (χ1) is 14.7. The minimum Gasteiger partial charge on any atom is -0.496 e. The summed E-state index contributed by atoms with van der Waals surface area (Å²) in [7, 11) is 4.74. The SMILES string of the molecule is COc1ccc(CNC(=O)CO/N=C/c2c(OC)ccc3ccccc23)cc1OC. The molecule has 0 aromatic heterocycles. The van der Waals surface area contributed by atoms with E-state index < -0.39 is 0 Å². The quantitative estimate of drug-likeness (QED) is 0.433. The molecule has 3 rings (SSSR count). The molecule has 0 saturated heterocycles. The Balaban J connectivity index is 1.56. The topological polar surface area (TPSA) is 78.4 Å². The number of ether oxygens (including phenoxy) is 3. The molecule has 0 aliphatic heterocycles. The molecule has 3 aromatic carbocycles. The number of benzene rings is 3. The molecule has 0 bridgehead atoms. The van der Waals surface area contributed by atoms with Crippen molar-refractivity contribution in [2.75, 3.05) is 27.9 Å². The number of rotatable bonds is 9. The van der Waals surface area contributed by atoms with Gasteiger partial charge in [-0.15, -0.1) is 0 Å². The van der Waals surface area contributed by atoms with Gasteiger partial charge < -0.3 is 24.4 Å². The maximum Gasteiger partial charge on any atom is 0.261 e. The molecular weight excluding hydrogens is 384 g/mol. The first kappa shape index (κ1) is 21.0. The molecule has 156 valence electrons. The summed E-state index contributed by atoms with van der Waals surface area (Å²) in [5.41, 5.74) is 1.67. The molecule has 0 atom stereocenters. The second kappa shape index (κ2) is 10.2. The van der Waals surface area contributed by atoms with Gasteiger partial charge in [-0.25, -0.2) is 0 Å². The zero-order valence-corrected chi connectivity index (χ0v) is 17.2. The summed E-state index contributed by atoms with van der Waals surface area (Å²) in [6.07, 6.45) is 1.56. The van der Waals surface area contributed by atoms with Crippen LogP contribution >= 0.6 is 0 Å². The second-order valence-corrected chi connectivity index (χ2v) is 6.38. The van der Waals surface area contributed by atoms with Gasteiger partial charge in [0.05, 0.1) is 27.5 Å². The number of hydrogen-bond acceptors (Lipinski definition) is 6. The highest BCUT2D eigenvalue weighted by Gasteiger charge is 2.08. The molecule has 0 spiro atoms. The molecule has 0 unspecified atom stereocenters. The molecule has 7 nitrogen and oxygen atoms in total. The molecule has 0 aliphatic carbocycles. The summed E-state index contributed by atoms with van der Waals surface area (Å²) >= 11 is 0. The third-order valence-electron chi connectivity index (χ3n) is 4.54. The molecule has 3 aromatic rings. The van der Waals surface area contributed by atoms with Gasteiger partial charge in [0.25, 0.3) is 5.91 Å². The maximum atomic E-state index is 12.1. The number of fused-ring (bicyclic) bond motifs is 1. The average Bonchev–Trinajstić information content (AvgIpc) is 2.80. The Hall–Kier alpha value is -3.74. The average molecular weight is 408 g/mol. The lowest BCUT2D eigenvalue weighted by Gasteiger charge is -2.10. The molecule has 1 N–H and O–H groups in total. The van der Waals surface area contributed by atoms with Crippen molar-refractivity contribution in [3.05, 3.63) is 65.7 Å². The number of nitrogens with zero attached hydrogens (tertiary/aromatic N) is 1. The summed E-state index contributed by atoms with van der Waals surface area (Å²) in [5, 5.41) is 8.77. The van der Waals surface area contributed by atoms with Crippen molar-refractivity contribution in [3.8, 4) is 17.2 Å². The molecule has 0 aliphatic rings. The van der Waals surface area contributed by atoms with Gasteiger partial charge in [0.1, 0.15) is 5.75 Å². The standard InChI is InChI=1S/C23H24N2O5/c1-27-20-11-9-17-6-4-5-7-18(17)19(20)14-25-30-15-23(26)24-13-16-8-10-21(28-2)22(12-16)29-3/h4-12,14H,13,15H2,1-3H3,(H,24,26)/b25-14+. The van der Waals surface area contributed by atoms with Gasteiger partial charge in [-0.3, -0.25) is 4.79 Å². The number of nitrogens with one attached hydrogen (secondary N) is 1. The molecule has 7 heteroatoms. The van der Waals surface area contributed by atoms with Crippen molar-refractivity contribution < 1.29 is 23.8 Å². The van der Waals surface area contributed by atoms with Crippen LogP contribution in [0.4, 0.5) is 0 Å². The highest BCUT2D eigenvalue weighted by atomic mass is 16.6.